The van der Waals surface area contributed by atoms with Gasteiger partial charge in [0.15, 0.2) is 11.3 Å². The lowest BCUT2D eigenvalue weighted by atomic mass is 10.1. The molecule has 19 heavy (non-hydrogen) atoms. The summed E-state index contributed by atoms with van der Waals surface area (Å²) in [5.41, 5.74) is 0.728. The van der Waals surface area contributed by atoms with Crippen LogP contribution >= 0.6 is 0 Å². The van der Waals surface area contributed by atoms with Crippen LogP contribution in [-0.2, 0) is 4.79 Å². The quantitative estimate of drug-likeness (QED) is 0.860. The van der Waals surface area contributed by atoms with Crippen molar-refractivity contribution in [2.24, 2.45) is 0 Å². The summed E-state index contributed by atoms with van der Waals surface area (Å²) in [6, 6.07) is 7.64. The van der Waals surface area contributed by atoms with Crippen LogP contribution < -0.4 is 15.4 Å². The predicted molar refractivity (Wildman–Crippen MR) is 71.1 cm³/mol. The molecule has 1 amide bonds. The largest absolute Gasteiger partial charge is 0.493 e. The number of nitrogens with one attached hydrogen (secondary N) is 2. The minimum Gasteiger partial charge on any atom is -0.493 e. The van der Waals surface area contributed by atoms with Gasteiger partial charge in [0.1, 0.15) is 5.76 Å². The Morgan fingerprint density at radius 2 is 2.26 bits per heavy atom. The number of hydrogen-bond acceptors (Lipinski definition) is 4. The van der Waals surface area contributed by atoms with Crippen LogP contribution in [0.5, 0.6) is 5.75 Å². The first-order valence-electron chi connectivity index (χ1n) is 6.34. The maximum atomic E-state index is 11.6. The van der Waals surface area contributed by atoms with Gasteiger partial charge in [0.25, 0.3) is 0 Å². The SMILES string of the molecule is COc1cccc2cc(C3CC(=O)NCCN3)oc12. The third kappa shape index (κ3) is 2.29. The van der Waals surface area contributed by atoms with E-state index in [1.165, 1.54) is 0 Å². The highest BCUT2D eigenvalue weighted by Gasteiger charge is 2.22. The van der Waals surface area contributed by atoms with Crippen LogP contribution in [0.15, 0.2) is 28.7 Å². The van der Waals surface area contributed by atoms with E-state index in [1.54, 1.807) is 7.11 Å². The summed E-state index contributed by atoms with van der Waals surface area (Å²) in [6.07, 6.45) is 0.391. The number of methoxy groups -OCH3 is 1. The van der Waals surface area contributed by atoms with Gasteiger partial charge in [-0.15, -0.1) is 0 Å². The van der Waals surface area contributed by atoms with Gasteiger partial charge in [0.2, 0.25) is 5.91 Å². The molecule has 0 radical (unpaired) electrons. The lowest BCUT2D eigenvalue weighted by Gasteiger charge is -2.10. The van der Waals surface area contributed by atoms with Crippen molar-refractivity contribution in [1.29, 1.82) is 0 Å². The van der Waals surface area contributed by atoms with Gasteiger partial charge in [-0.1, -0.05) is 12.1 Å². The number of amides is 1. The lowest BCUT2D eigenvalue weighted by Crippen LogP contribution is -2.24. The monoisotopic (exact) mass is 260 g/mol. The Balaban J connectivity index is 1.98. The van der Waals surface area contributed by atoms with Gasteiger partial charge in [-0.25, -0.2) is 0 Å². The molecule has 0 bridgehead atoms. The summed E-state index contributed by atoms with van der Waals surface area (Å²) in [5.74, 6) is 1.53. The first-order valence-corrected chi connectivity index (χ1v) is 6.34. The summed E-state index contributed by atoms with van der Waals surface area (Å²) < 4.78 is 11.1. The molecule has 0 saturated carbocycles. The molecule has 2 aromatic rings. The fourth-order valence-electron chi connectivity index (χ4n) is 2.37. The first kappa shape index (κ1) is 12.0. The van der Waals surface area contributed by atoms with E-state index in [1.807, 2.05) is 24.3 Å². The standard InChI is InChI=1S/C14H16N2O3/c1-18-11-4-2-3-9-7-12(19-14(9)11)10-8-13(17)16-6-5-15-10/h2-4,7,10,15H,5-6,8H2,1H3,(H,16,17). The minimum absolute atomic E-state index is 0.0439. The van der Waals surface area contributed by atoms with Crippen LogP contribution in [0.2, 0.25) is 0 Å². The van der Waals surface area contributed by atoms with E-state index < -0.39 is 0 Å². The van der Waals surface area contributed by atoms with Gasteiger partial charge in [0.05, 0.1) is 13.2 Å². The van der Waals surface area contributed by atoms with Gasteiger partial charge in [0, 0.05) is 24.9 Å². The number of ether oxygens (including phenoxy) is 1. The van der Waals surface area contributed by atoms with Gasteiger partial charge < -0.3 is 19.8 Å². The summed E-state index contributed by atoms with van der Waals surface area (Å²) in [5, 5.41) is 7.13. The van der Waals surface area contributed by atoms with Crippen molar-refractivity contribution < 1.29 is 13.9 Å². The smallest absolute Gasteiger partial charge is 0.222 e. The van der Waals surface area contributed by atoms with Crippen LogP contribution in [0.4, 0.5) is 0 Å². The second-order valence-electron chi connectivity index (χ2n) is 4.59. The van der Waals surface area contributed by atoms with E-state index in [0.717, 1.165) is 23.3 Å². The van der Waals surface area contributed by atoms with Gasteiger partial charge >= 0.3 is 0 Å². The Hall–Kier alpha value is -2.01. The number of carbonyl (C=O) groups excluding carboxylic acids is 1. The molecular weight excluding hydrogens is 244 g/mol. The van der Waals surface area contributed by atoms with E-state index in [-0.39, 0.29) is 11.9 Å². The van der Waals surface area contributed by atoms with E-state index in [0.29, 0.717) is 18.7 Å². The second-order valence-corrected chi connectivity index (χ2v) is 4.59. The van der Waals surface area contributed by atoms with Crippen molar-refractivity contribution in [1.82, 2.24) is 10.6 Å². The molecule has 1 atom stereocenters. The van der Waals surface area contributed by atoms with E-state index in [4.69, 9.17) is 9.15 Å². The molecule has 5 nitrogen and oxygen atoms in total. The maximum absolute atomic E-state index is 11.6. The second kappa shape index (κ2) is 4.93. The molecule has 100 valence electrons. The van der Waals surface area contributed by atoms with Crippen LogP contribution in [0.1, 0.15) is 18.2 Å². The Bertz CT molecular complexity index is 606. The third-order valence-corrected chi connectivity index (χ3v) is 3.32. The number of benzene rings is 1. The number of para-hydroxylation sites is 1. The molecule has 1 unspecified atom stereocenters. The zero-order valence-electron chi connectivity index (χ0n) is 10.7. The van der Waals surface area contributed by atoms with Crippen molar-refractivity contribution in [2.75, 3.05) is 20.2 Å². The number of carbonyl (C=O) groups is 1. The topological polar surface area (TPSA) is 63.5 Å². The van der Waals surface area contributed by atoms with E-state index >= 15 is 0 Å². The van der Waals surface area contributed by atoms with Gasteiger partial charge in [-0.2, -0.15) is 0 Å². The third-order valence-electron chi connectivity index (χ3n) is 3.32. The van der Waals surface area contributed by atoms with Crippen molar-refractivity contribution in [3.8, 4) is 5.75 Å². The molecule has 3 rings (SSSR count). The molecular formula is C14H16N2O3. The van der Waals surface area contributed by atoms with Crippen LogP contribution in [0.25, 0.3) is 11.0 Å². The highest BCUT2D eigenvalue weighted by molar-refractivity contribution is 5.84. The fraction of sp³-hybridized carbons (Fsp3) is 0.357. The summed E-state index contributed by atoms with van der Waals surface area (Å²) in [6.45, 7) is 1.39. The molecule has 1 aliphatic rings. The average Bonchev–Trinajstić information content (AvgIpc) is 2.74. The molecule has 5 heteroatoms. The van der Waals surface area contributed by atoms with Crippen molar-refractivity contribution in [3.63, 3.8) is 0 Å². The zero-order valence-corrected chi connectivity index (χ0v) is 10.7. The molecule has 1 saturated heterocycles. The van der Waals surface area contributed by atoms with Crippen molar-refractivity contribution >= 4 is 16.9 Å². The fourth-order valence-corrected chi connectivity index (χ4v) is 2.37. The average molecular weight is 260 g/mol. The van der Waals surface area contributed by atoms with Crippen LogP contribution in [0, 0.1) is 0 Å². The van der Waals surface area contributed by atoms with E-state index in [9.17, 15) is 4.79 Å². The molecule has 1 aromatic carbocycles. The van der Waals surface area contributed by atoms with Crippen molar-refractivity contribution in [3.05, 3.63) is 30.0 Å². The Morgan fingerprint density at radius 1 is 1.37 bits per heavy atom. The highest BCUT2D eigenvalue weighted by atomic mass is 16.5. The predicted octanol–water partition coefficient (Wildman–Crippen LogP) is 1.59. The maximum Gasteiger partial charge on any atom is 0.222 e. The van der Waals surface area contributed by atoms with Crippen LogP contribution in [0.3, 0.4) is 0 Å². The van der Waals surface area contributed by atoms with Gasteiger partial charge in [-0.3, -0.25) is 4.79 Å². The van der Waals surface area contributed by atoms with Crippen LogP contribution in [-0.4, -0.2) is 26.1 Å². The number of furan rings is 1. The molecule has 0 aliphatic carbocycles. The van der Waals surface area contributed by atoms with Crippen molar-refractivity contribution in [2.45, 2.75) is 12.5 Å². The summed E-state index contributed by atoms with van der Waals surface area (Å²) >= 11 is 0. The normalized spacial score (nSPS) is 20.1. The molecule has 2 heterocycles. The number of fused-ring (bicyclic) bond motifs is 1. The zero-order chi connectivity index (χ0) is 13.2. The molecule has 1 fully saturated rings. The molecule has 0 spiro atoms. The van der Waals surface area contributed by atoms with E-state index in [2.05, 4.69) is 10.6 Å². The highest BCUT2D eigenvalue weighted by Crippen LogP contribution is 2.32. The molecule has 2 N–H and O–H groups in total. The minimum atomic E-state index is -0.0837. The summed E-state index contributed by atoms with van der Waals surface area (Å²) in [7, 11) is 1.62. The Morgan fingerprint density at radius 3 is 3.11 bits per heavy atom. The lowest BCUT2D eigenvalue weighted by molar-refractivity contribution is -0.121. The van der Waals surface area contributed by atoms with Gasteiger partial charge in [-0.05, 0) is 12.1 Å². The number of rotatable bonds is 2. The molecule has 1 aliphatic heterocycles. The number of hydrogen-bond donors (Lipinski definition) is 2. The summed E-state index contributed by atoms with van der Waals surface area (Å²) in [4.78, 5) is 11.6. The first-order chi connectivity index (χ1) is 9.28. The Labute approximate surface area is 110 Å². The Kier molecular flexibility index (Phi) is 3.13. The molecule has 1 aromatic heterocycles.